The van der Waals surface area contributed by atoms with Gasteiger partial charge in [-0.15, -0.1) is 0 Å². The first kappa shape index (κ1) is 25.0. The molecule has 202 valence electrons. The summed E-state index contributed by atoms with van der Waals surface area (Å²) in [5, 5.41) is 4.47. The van der Waals surface area contributed by atoms with Gasteiger partial charge in [-0.2, -0.15) is 5.10 Å². The minimum absolute atomic E-state index is 0.257. The van der Waals surface area contributed by atoms with Crippen LogP contribution in [0.4, 0.5) is 5.69 Å². The number of hydrogen-bond donors (Lipinski definition) is 1. The van der Waals surface area contributed by atoms with E-state index in [-0.39, 0.29) is 23.6 Å². The number of nitrogens with zero attached hydrogens (tertiary/aromatic N) is 2. The maximum atomic E-state index is 14.5. The lowest BCUT2D eigenvalue weighted by Gasteiger charge is -2.52. The van der Waals surface area contributed by atoms with E-state index in [2.05, 4.69) is 10.5 Å². The van der Waals surface area contributed by atoms with E-state index in [1.165, 1.54) is 4.90 Å². The quantitative estimate of drug-likeness (QED) is 0.210. The third-order valence-electron chi connectivity index (χ3n) is 8.56. The number of imide groups is 1. The number of benzene rings is 4. The van der Waals surface area contributed by atoms with Gasteiger partial charge in [-0.05, 0) is 53.4 Å². The molecule has 1 N–H and O–H groups in total. The third-order valence-corrected chi connectivity index (χ3v) is 8.56. The highest BCUT2D eigenvalue weighted by molar-refractivity contribution is 6.25. The summed E-state index contributed by atoms with van der Waals surface area (Å²) in [6.45, 7) is 2.27. The zero-order valence-electron chi connectivity index (χ0n) is 22.4. The van der Waals surface area contributed by atoms with Crippen molar-refractivity contribution in [2.45, 2.75) is 18.3 Å². The molecule has 3 aliphatic carbocycles. The number of nitrogens with one attached hydrogen (secondary N) is 1. The molecule has 1 fully saturated rings. The molecule has 3 amide bonds. The Kier molecular flexibility index (Phi) is 5.82. The van der Waals surface area contributed by atoms with Gasteiger partial charge in [-0.25, -0.2) is 10.3 Å². The van der Waals surface area contributed by atoms with Crippen LogP contribution in [0.5, 0.6) is 5.75 Å². The first-order valence-corrected chi connectivity index (χ1v) is 13.8. The zero-order chi connectivity index (χ0) is 28.1. The molecule has 0 saturated carbocycles. The van der Waals surface area contributed by atoms with Gasteiger partial charge in [0.15, 0.2) is 0 Å². The second-order valence-electron chi connectivity index (χ2n) is 10.5. The van der Waals surface area contributed by atoms with Crippen molar-refractivity contribution in [1.29, 1.82) is 0 Å². The van der Waals surface area contributed by atoms with E-state index in [1.54, 1.807) is 48.7 Å². The van der Waals surface area contributed by atoms with Crippen molar-refractivity contribution in [3.63, 3.8) is 0 Å². The Morgan fingerprint density at radius 2 is 1.46 bits per heavy atom. The van der Waals surface area contributed by atoms with Crippen molar-refractivity contribution in [3.05, 3.63) is 131 Å². The van der Waals surface area contributed by atoms with Crippen LogP contribution in [0.15, 0.2) is 108 Å². The van der Waals surface area contributed by atoms with Gasteiger partial charge in [0.2, 0.25) is 11.8 Å². The Morgan fingerprint density at radius 3 is 2.15 bits per heavy atom. The van der Waals surface area contributed by atoms with Crippen LogP contribution in [0, 0.1) is 11.8 Å². The van der Waals surface area contributed by atoms with Crippen LogP contribution in [0.1, 0.15) is 45.5 Å². The molecule has 4 aromatic carbocycles. The summed E-state index contributed by atoms with van der Waals surface area (Å²) in [7, 11) is 0. The summed E-state index contributed by atoms with van der Waals surface area (Å²) in [4.78, 5) is 43.1. The van der Waals surface area contributed by atoms with Crippen molar-refractivity contribution in [1.82, 2.24) is 5.43 Å². The fourth-order valence-corrected chi connectivity index (χ4v) is 7.05. The van der Waals surface area contributed by atoms with Gasteiger partial charge in [-0.1, -0.05) is 78.9 Å². The zero-order valence-corrected chi connectivity index (χ0v) is 22.4. The topological polar surface area (TPSA) is 88.1 Å². The van der Waals surface area contributed by atoms with E-state index in [0.717, 1.165) is 22.3 Å². The molecule has 0 radical (unpaired) electrons. The average molecular weight is 542 g/mol. The molecule has 8 rings (SSSR count). The normalized spacial score (nSPS) is 23.7. The van der Waals surface area contributed by atoms with E-state index >= 15 is 0 Å². The van der Waals surface area contributed by atoms with E-state index in [9.17, 15) is 14.4 Å². The van der Waals surface area contributed by atoms with Gasteiger partial charge in [0.1, 0.15) is 5.75 Å². The molecular formula is C34H27N3O4. The smallest absolute Gasteiger partial charge is 0.271 e. The first-order chi connectivity index (χ1) is 20.1. The van der Waals surface area contributed by atoms with Crippen LogP contribution in [-0.4, -0.2) is 30.5 Å². The Bertz CT molecular complexity index is 1680. The Labute approximate surface area is 237 Å². The monoisotopic (exact) mass is 541 g/mol. The average Bonchev–Trinajstić information content (AvgIpc) is 3.28. The van der Waals surface area contributed by atoms with Gasteiger partial charge in [-0.3, -0.25) is 14.4 Å². The maximum absolute atomic E-state index is 14.5. The molecular weight excluding hydrogens is 514 g/mol. The second-order valence-corrected chi connectivity index (χ2v) is 10.5. The largest absolute Gasteiger partial charge is 0.492 e. The van der Waals surface area contributed by atoms with Crippen molar-refractivity contribution in [2.24, 2.45) is 16.9 Å². The number of carbonyl (C=O) groups is 3. The van der Waals surface area contributed by atoms with Crippen molar-refractivity contribution in [3.8, 4) is 5.75 Å². The van der Waals surface area contributed by atoms with Crippen LogP contribution in [-0.2, 0) is 15.0 Å². The van der Waals surface area contributed by atoms with E-state index in [1.807, 2.05) is 67.6 Å². The number of ether oxygens (including phenoxy) is 1. The van der Waals surface area contributed by atoms with Gasteiger partial charge < -0.3 is 4.74 Å². The number of hydrogen-bond acceptors (Lipinski definition) is 5. The van der Waals surface area contributed by atoms with Crippen molar-refractivity contribution in [2.75, 3.05) is 11.5 Å². The molecule has 41 heavy (non-hydrogen) atoms. The highest BCUT2D eigenvalue weighted by atomic mass is 16.5. The predicted octanol–water partition coefficient (Wildman–Crippen LogP) is 5.05. The number of rotatable bonds is 6. The minimum atomic E-state index is -1.07. The fourth-order valence-electron chi connectivity index (χ4n) is 7.05. The Hall–Kier alpha value is -5.04. The van der Waals surface area contributed by atoms with Crippen LogP contribution in [0.25, 0.3) is 0 Å². The van der Waals surface area contributed by atoms with Crippen LogP contribution in [0.2, 0.25) is 0 Å². The number of hydrazone groups is 1. The highest BCUT2D eigenvalue weighted by Gasteiger charge is 2.68. The number of para-hydroxylation sites is 2. The molecule has 1 aliphatic heterocycles. The third kappa shape index (κ3) is 3.51. The SMILES string of the molecule is CCOc1ccccc1N1C(=O)[C@@H]2[C@@H](C1=O)C1c3ccccc3C2(/C=N\NC(=O)c2ccccc2)c2ccccc21. The molecule has 0 spiro atoms. The van der Waals surface area contributed by atoms with Gasteiger partial charge in [0.05, 0.1) is 29.5 Å². The molecule has 0 unspecified atom stereocenters. The molecule has 7 nitrogen and oxygen atoms in total. The molecule has 1 heterocycles. The fraction of sp³-hybridized carbons (Fsp3) is 0.176. The summed E-state index contributed by atoms with van der Waals surface area (Å²) in [5.41, 5.74) is 6.33. The van der Waals surface area contributed by atoms with E-state index in [4.69, 9.17) is 4.74 Å². The van der Waals surface area contributed by atoms with Crippen LogP contribution < -0.4 is 15.1 Å². The molecule has 4 aromatic rings. The lowest BCUT2D eigenvalue weighted by atomic mass is 9.47. The van der Waals surface area contributed by atoms with Gasteiger partial charge in [0.25, 0.3) is 5.91 Å². The first-order valence-electron chi connectivity index (χ1n) is 13.8. The molecule has 7 heteroatoms. The maximum Gasteiger partial charge on any atom is 0.271 e. The van der Waals surface area contributed by atoms with E-state index < -0.39 is 17.3 Å². The summed E-state index contributed by atoms with van der Waals surface area (Å²) in [5.74, 6) is -2.12. The lowest BCUT2D eigenvalue weighted by Crippen LogP contribution is -2.54. The van der Waals surface area contributed by atoms with Crippen LogP contribution >= 0.6 is 0 Å². The number of anilines is 1. The molecule has 0 aromatic heterocycles. The summed E-state index contributed by atoms with van der Waals surface area (Å²) >= 11 is 0. The van der Waals surface area contributed by atoms with Crippen LogP contribution in [0.3, 0.4) is 0 Å². The Morgan fingerprint density at radius 1 is 0.854 bits per heavy atom. The van der Waals surface area contributed by atoms with Crippen molar-refractivity contribution < 1.29 is 19.1 Å². The summed E-state index contributed by atoms with van der Waals surface area (Å²) in [6, 6.07) is 31.9. The predicted molar refractivity (Wildman–Crippen MR) is 155 cm³/mol. The van der Waals surface area contributed by atoms with Crippen molar-refractivity contribution >= 4 is 29.6 Å². The highest BCUT2D eigenvalue weighted by Crippen LogP contribution is 2.63. The Balaban J connectivity index is 1.41. The van der Waals surface area contributed by atoms with Gasteiger partial charge >= 0.3 is 0 Å². The standard InChI is InChI=1S/C34H27N3O4/c1-2-41-27-19-11-10-18-26(27)37-32(39)29-28-22-14-6-8-16-24(22)34(30(29)33(37)40,25-17-9-7-15-23(25)28)20-35-36-31(38)21-12-4-3-5-13-21/h3-20,28-30H,2H2,1H3,(H,36,38)/b35-20-/t28?,29-,30-,34?/m0/s1. The number of carbonyl (C=O) groups excluding carboxylic acids is 3. The lowest BCUT2D eigenvalue weighted by molar-refractivity contribution is -0.122. The second kappa shape index (κ2) is 9.55. The van der Waals surface area contributed by atoms with E-state index in [0.29, 0.717) is 23.6 Å². The molecule has 4 aliphatic rings. The summed E-state index contributed by atoms with van der Waals surface area (Å²) in [6.07, 6.45) is 1.67. The molecule has 2 bridgehead atoms. The summed E-state index contributed by atoms with van der Waals surface area (Å²) < 4.78 is 5.83. The van der Waals surface area contributed by atoms with Gasteiger partial charge in [0, 0.05) is 17.7 Å². The number of amides is 3. The molecule has 1 saturated heterocycles. The molecule has 2 atom stereocenters. The minimum Gasteiger partial charge on any atom is -0.492 e.